The van der Waals surface area contributed by atoms with Crippen molar-refractivity contribution in [3.63, 3.8) is 0 Å². The molecule has 0 saturated carbocycles. The van der Waals surface area contributed by atoms with Gasteiger partial charge in [-0.05, 0) is 41.8 Å². The number of benzene rings is 1. The van der Waals surface area contributed by atoms with E-state index in [0.717, 1.165) is 19.3 Å². The predicted octanol–water partition coefficient (Wildman–Crippen LogP) is 3.42. The molecule has 1 aromatic heterocycles. The molecule has 1 heterocycles. The van der Waals surface area contributed by atoms with Crippen molar-refractivity contribution in [3.8, 4) is 0 Å². The van der Waals surface area contributed by atoms with Gasteiger partial charge < -0.3 is 5.73 Å². The smallest absolute Gasteiger partial charge is 0.0128 e. The van der Waals surface area contributed by atoms with Crippen molar-refractivity contribution >= 4 is 11.3 Å². The summed E-state index contributed by atoms with van der Waals surface area (Å²) in [6.07, 6.45) is 3.04. The fourth-order valence-corrected chi connectivity index (χ4v) is 2.77. The molecular weight excluding hydrogens is 226 g/mol. The molecule has 2 aromatic rings. The summed E-state index contributed by atoms with van der Waals surface area (Å²) in [5.41, 5.74) is 8.90. The summed E-state index contributed by atoms with van der Waals surface area (Å²) in [5, 5.41) is 2.11. The molecule has 0 fully saturated rings. The number of thiophene rings is 1. The zero-order valence-corrected chi connectivity index (χ0v) is 11.0. The van der Waals surface area contributed by atoms with Crippen molar-refractivity contribution in [1.29, 1.82) is 0 Å². The minimum absolute atomic E-state index is 0.223. The minimum atomic E-state index is 0.223. The summed E-state index contributed by atoms with van der Waals surface area (Å²) in [4.78, 5) is 1.38. The molecule has 0 aliphatic rings. The number of hydrogen-bond donors (Lipinski definition) is 1. The average molecular weight is 245 g/mol. The summed E-state index contributed by atoms with van der Waals surface area (Å²) in [5.74, 6) is 0. The Bertz CT molecular complexity index is 430. The normalized spacial score (nSPS) is 12.6. The van der Waals surface area contributed by atoms with E-state index in [1.807, 2.05) is 0 Å². The second kappa shape index (κ2) is 5.99. The van der Waals surface area contributed by atoms with Crippen LogP contribution in [0.25, 0.3) is 0 Å². The van der Waals surface area contributed by atoms with Crippen LogP contribution >= 0.6 is 11.3 Å². The second-order valence-electron chi connectivity index (χ2n) is 4.42. The Morgan fingerprint density at radius 1 is 1.06 bits per heavy atom. The zero-order chi connectivity index (χ0) is 12.1. The molecule has 2 rings (SSSR count). The Morgan fingerprint density at radius 2 is 1.76 bits per heavy atom. The largest absolute Gasteiger partial charge is 0.327 e. The first-order chi connectivity index (χ1) is 8.28. The lowest BCUT2D eigenvalue weighted by atomic mass is 10.0. The minimum Gasteiger partial charge on any atom is -0.327 e. The molecule has 1 unspecified atom stereocenters. The summed E-state index contributed by atoms with van der Waals surface area (Å²) in [6, 6.07) is 13.3. The zero-order valence-electron chi connectivity index (χ0n) is 10.2. The number of aryl methyl sites for hydroxylation is 1. The standard InChI is InChI=1S/C15H19NS/c1-2-12-5-7-13(8-6-12)10-14(16)11-15-4-3-9-17-15/h3-9,14H,2,10-11,16H2,1H3. The molecule has 2 heteroatoms. The lowest BCUT2D eigenvalue weighted by Gasteiger charge is -2.10. The Hall–Kier alpha value is -1.12. The predicted molar refractivity (Wildman–Crippen MR) is 75.5 cm³/mol. The van der Waals surface area contributed by atoms with Gasteiger partial charge in [-0.25, -0.2) is 0 Å². The van der Waals surface area contributed by atoms with Crippen molar-refractivity contribution in [2.24, 2.45) is 5.73 Å². The third-order valence-electron chi connectivity index (χ3n) is 2.97. The van der Waals surface area contributed by atoms with Crippen LogP contribution in [-0.4, -0.2) is 6.04 Å². The highest BCUT2D eigenvalue weighted by molar-refractivity contribution is 7.09. The van der Waals surface area contributed by atoms with Crippen LogP contribution in [-0.2, 0) is 19.3 Å². The fraction of sp³-hybridized carbons (Fsp3) is 0.333. The highest BCUT2D eigenvalue weighted by atomic mass is 32.1. The van der Waals surface area contributed by atoms with E-state index in [1.54, 1.807) is 11.3 Å². The molecule has 90 valence electrons. The lowest BCUT2D eigenvalue weighted by molar-refractivity contribution is 0.670. The van der Waals surface area contributed by atoms with Crippen LogP contribution in [0, 0.1) is 0 Å². The Kier molecular flexibility index (Phi) is 4.35. The summed E-state index contributed by atoms with van der Waals surface area (Å²) >= 11 is 1.79. The van der Waals surface area contributed by atoms with Gasteiger partial charge in [-0.2, -0.15) is 0 Å². The third kappa shape index (κ3) is 3.69. The van der Waals surface area contributed by atoms with E-state index in [4.69, 9.17) is 5.73 Å². The van der Waals surface area contributed by atoms with Gasteiger partial charge in [-0.3, -0.25) is 0 Å². The number of rotatable bonds is 5. The van der Waals surface area contributed by atoms with Crippen LogP contribution in [0.5, 0.6) is 0 Å². The Morgan fingerprint density at radius 3 is 2.35 bits per heavy atom. The van der Waals surface area contributed by atoms with Gasteiger partial charge >= 0.3 is 0 Å². The fourth-order valence-electron chi connectivity index (χ4n) is 1.97. The third-order valence-corrected chi connectivity index (χ3v) is 3.87. The first kappa shape index (κ1) is 12.3. The van der Waals surface area contributed by atoms with Gasteiger partial charge in [0, 0.05) is 10.9 Å². The topological polar surface area (TPSA) is 26.0 Å². The van der Waals surface area contributed by atoms with Crippen molar-refractivity contribution in [1.82, 2.24) is 0 Å². The summed E-state index contributed by atoms with van der Waals surface area (Å²) in [7, 11) is 0. The number of hydrogen-bond acceptors (Lipinski definition) is 2. The molecule has 0 radical (unpaired) electrons. The van der Waals surface area contributed by atoms with E-state index >= 15 is 0 Å². The molecule has 0 saturated heterocycles. The van der Waals surface area contributed by atoms with Crippen LogP contribution in [0.15, 0.2) is 41.8 Å². The van der Waals surface area contributed by atoms with E-state index in [0.29, 0.717) is 0 Å². The highest BCUT2D eigenvalue weighted by Gasteiger charge is 2.06. The van der Waals surface area contributed by atoms with E-state index in [1.165, 1.54) is 16.0 Å². The molecule has 0 aliphatic carbocycles. The van der Waals surface area contributed by atoms with E-state index in [9.17, 15) is 0 Å². The molecule has 2 N–H and O–H groups in total. The van der Waals surface area contributed by atoms with Gasteiger partial charge in [-0.1, -0.05) is 37.3 Å². The first-order valence-electron chi connectivity index (χ1n) is 6.13. The van der Waals surface area contributed by atoms with Crippen LogP contribution in [0.3, 0.4) is 0 Å². The molecule has 1 nitrogen and oxygen atoms in total. The molecule has 1 atom stereocenters. The lowest BCUT2D eigenvalue weighted by Crippen LogP contribution is -2.25. The molecule has 0 amide bonds. The first-order valence-corrected chi connectivity index (χ1v) is 7.01. The van der Waals surface area contributed by atoms with Gasteiger partial charge in [0.05, 0.1) is 0 Å². The van der Waals surface area contributed by atoms with Crippen LogP contribution in [0.4, 0.5) is 0 Å². The molecule has 1 aromatic carbocycles. The Labute approximate surface area is 107 Å². The van der Waals surface area contributed by atoms with Gasteiger partial charge in [0.2, 0.25) is 0 Å². The van der Waals surface area contributed by atoms with Gasteiger partial charge in [0.15, 0.2) is 0 Å². The van der Waals surface area contributed by atoms with Crippen molar-refractivity contribution in [2.45, 2.75) is 32.2 Å². The highest BCUT2D eigenvalue weighted by Crippen LogP contribution is 2.13. The maximum Gasteiger partial charge on any atom is 0.0128 e. The summed E-state index contributed by atoms with van der Waals surface area (Å²) in [6.45, 7) is 2.18. The monoisotopic (exact) mass is 245 g/mol. The van der Waals surface area contributed by atoms with Crippen LogP contribution in [0.1, 0.15) is 22.9 Å². The van der Waals surface area contributed by atoms with Crippen LogP contribution in [0.2, 0.25) is 0 Å². The molecule has 0 bridgehead atoms. The molecule has 0 aliphatic heterocycles. The van der Waals surface area contributed by atoms with E-state index in [-0.39, 0.29) is 6.04 Å². The summed E-state index contributed by atoms with van der Waals surface area (Å²) < 4.78 is 0. The van der Waals surface area contributed by atoms with Crippen LogP contribution < -0.4 is 5.73 Å². The Balaban J connectivity index is 1.91. The van der Waals surface area contributed by atoms with Crippen molar-refractivity contribution in [2.75, 3.05) is 0 Å². The van der Waals surface area contributed by atoms with Crippen molar-refractivity contribution in [3.05, 3.63) is 57.8 Å². The molecule has 17 heavy (non-hydrogen) atoms. The SMILES string of the molecule is CCc1ccc(CC(N)Cc2cccs2)cc1. The quantitative estimate of drug-likeness (QED) is 0.858. The number of nitrogens with two attached hydrogens (primary N) is 1. The average Bonchev–Trinajstić information content (AvgIpc) is 2.82. The van der Waals surface area contributed by atoms with Gasteiger partial charge in [0.25, 0.3) is 0 Å². The maximum absolute atomic E-state index is 6.17. The molecule has 0 spiro atoms. The van der Waals surface area contributed by atoms with E-state index in [2.05, 4.69) is 48.7 Å². The van der Waals surface area contributed by atoms with E-state index < -0.39 is 0 Å². The van der Waals surface area contributed by atoms with Gasteiger partial charge in [-0.15, -0.1) is 11.3 Å². The van der Waals surface area contributed by atoms with Crippen molar-refractivity contribution < 1.29 is 0 Å². The second-order valence-corrected chi connectivity index (χ2v) is 5.45. The molecular formula is C15H19NS. The maximum atomic E-state index is 6.17. The van der Waals surface area contributed by atoms with Gasteiger partial charge in [0.1, 0.15) is 0 Å².